The molecule has 0 fully saturated rings. The molecule has 200 valence electrons. The van der Waals surface area contributed by atoms with E-state index in [4.69, 9.17) is 5.41 Å². The minimum atomic E-state index is -0.408. The normalized spacial score (nSPS) is 16.2. The van der Waals surface area contributed by atoms with Crippen molar-refractivity contribution in [3.8, 4) is 0 Å². The molecule has 37 heavy (non-hydrogen) atoms. The lowest BCUT2D eigenvalue weighted by atomic mass is 9.92. The summed E-state index contributed by atoms with van der Waals surface area (Å²) in [5, 5.41) is 14.7. The second kappa shape index (κ2) is 14.9. The van der Waals surface area contributed by atoms with Crippen LogP contribution in [0.15, 0.2) is 82.1 Å². The molecule has 1 heterocycles. The summed E-state index contributed by atoms with van der Waals surface area (Å²) in [4.78, 5) is 11.4. The van der Waals surface area contributed by atoms with Crippen LogP contribution in [0.1, 0.15) is 60.8 Å². The number of aliphatic imine (C=N–C) groups is 1. The molecular formula is C30H43FN6. The second-order valence-corrected chi connectivity index (χ2v) is 9.07. The van der Waals surface area contributed by atoms with Crippen molar-refractivity contribution in [1.29, 1.82) is 5.41 Å². The fourth-order valence-electron chi connectivity index (χ4n) is 4.28. The van der Waals surface area contributed by atoms with Crippen molar-refractivity contribution in [3.63, 3.8) is 0 Å². The Balaban J connectivity index is 2.28. The highest BCUT2D eigenvalue weighted by molar-refractivity contribution is 6.19. The number of nitrogens with one attached hydrogen (secondary N) is 3. The van der Waals surface area contributed by atoms with E-state index in [0.29, 0.717) is 17.1 Å². The lowest BCUT2D eigenvalue weighted by Crippen LogP contribution is -2.23. The fourth-order valence-corrected chi connectivity index (χ4v) is 4.28. The van der Waals surface area contributed by atoms with Gasteiger partial charge in [0, 0.05) is 36.1 Å². The number of allylic oxidation sites excluding steroid dienone is 10. The van der Waals surface area contributed by atoms with Crippen LogP contribution in [0.3, 0.4) is 0 Å². The van der Waals surface area contributed by atoms with Crippen molar-refractivity contribution in [1.82, 2.24) is 10.3 Å². The molecule has 6 nitrogen and oxygen atoms in total. The number of hydrogen-bond donors (Lipinski definition) is 3. The zero-order chi connectivity index (χ0) is 27.4. The van der Waals surface area contributed by atoms with Crippen LogP contribution in [-0.2, 0) is 0 Å². The summed E-state index contributed by atoms with van der Waals surface area (Å²) in [6, 6.07) is 3.99. The van der Waals surface area contributed by atoms with E-state index in [1.807, 2.05) is 25.4 Å². The first-order valence-corrected chi connectivity index (χ1v) is 13.2. The summed E-state index contributed by atoms with van der Waals surface area (Å²) < 4.78 is 14.9. The molecule has 0 radical (unpaired) electrons. The molecule has 7 heteroatoms. The van der Waals surface area contributed by atoms with E-state index in [9.17, 15) is 4.39 Å². The first kappa shape index (κ1) is 29.7. The standard InChI is InChI=1S/C30H43FN6/c1-8-12-23(10-3)37(17-9-2)24-14-16-28(34-19-24)35-20-36-30(26(31)11-4)22-13-15-27(32)25(18-22)29(33-7)21(5)6/h11-16,18-19,21,32-33H,8-10,17,20H2,1-7H3,(H,34,35)/b23-12+,26-11+,29-25-,32-27?,36-30-. The SMILES string of the molecule is C/C=C(F)\C(=N/CNc1ccc(N(CCC)/C(=C/CC)CC)cn1)C1=C/C(=C(/NC)C(C)C)C(=N)C=C1. The molecule has 0 bridgehead atoms. The van der Waals surface area contributed by atoms with Crippen LogP contribution in [0.5, 0.6) is 0 Å². The fraction of sp³-hybridized carbons (Fsp3) is 0.433. The average Bonchev–Trinajstić information content (AvgIpc) is 2.90. The van der Waals surface area contributed by atoms with Crippen molar-refractivity contribution < 1.29 is 4.39 Å². The predicted octanol–water partition coefficient (Wildman–Crippen LogP) is 7.33. The monoisotopic (exact) mass is 506 g/mol. The molecule has 1 aromatic heterocycles. The highest BCUT2D eigenvalue weighted by atomic mass is 19.1. The van der Waals surface area contributed by atoms with Crippen molar-refractivity contribution in [2.45, 2.75) is 60.8 Å². The Hall–Kier alpha value is -3.48. The van der Waals surface area contributed by atoms with Crippen LogP contribution >= 0.6 is 0 Å². The average molecular weight is 507 g/mol. The minimum absolute atomic E-state index is 0.169. The Morgan fingerprint density at radius 1 is 1.22 bits per heavy atom. The summed E-state index contributed by atoms with van der Waals surface area (Å²) in [6.45, 7) is 13.4. The van der Waals surface area contributed by atoms with Crippen molar-refractivity contribution in [3.05, 3.63) is 77.1 Å². The van der Waals surface area contributed by atoms with Crippen LogP contribution < -0.4 is 15.5 Å². The molecule has 0 aromatic carbocycles. The maximum atomic E-state index is 14.9. The third kappa shape index (κ3) is 8.00. The number of nitrogens with zero attached hydrogens (tertiary/aromatic N) is 3. The van der Waals surface area contributed by atoms with Gasteiger partial charge >= 0.3 is 0 Å². The van der Waals surface area contributed by atoms with Gasteiger partial charge in [0.15, 0.2) is 0 Å². The Labute approximate surface area is 222 Å². The van der Waals surface area contributed by atoms with Gasteiger partial charge in [0.05, 0.1) is 17.6 Å². The van der Waals surface area contributed by atoms with Crippen LogP contribution in [0.2, 0.25) is 0 Å². The van der Waals surface area contributed by atoms with Crippen molar-refractivity contribution in [2.24, 2.45) is 10.9 Å². The van der Waals surface area contributed by atoms with E-state index in [1.54, 1.807) is 19.1 Å². The maximum absolute atomic E-state index is 14.9. The van der Waals surface area contributed by atoms with Crippen molar-refractivity contribution in [2.75, 3.05) is 30.5 Å². The molecule has 0 spiro atoms. The van der Waals surface area contributed by atoms with Gasteiger partial charge in [-0.1, -0.05) is 46.8 Å². The highest BCUT2D eigenvalue weighted by Crippen LogP contribution is 2.24. The topological polar surface area (TPSA) is 76.4 Å². The molecule has 0 amide bonds. The number of hydrogen-bond acceptors (Lipinski definition) is 6. The number of halogens is 1. The zero-order valence-electron chi connectivity index (χ0n) is 23.5. The number of pyridine rings is 1. The van der Waals surface area contributed by atoms with Crippen LogP contribution in [0.25, 0.3) is 0 Å². The third-order valence-electron chi connectivity index (χ3n) is 6.06. The van der Waals surface area contributed by atoms with E-state index in [-0.39, 0.29) is 18.3 Å². The highest BCUT2D eigenvalue weighted by Gasteiger charge is 2.19. The van der Waals surface area contributed by atoms with Gasteiger partial charge in [0.2, 0.25) is 0 Å². The molecule has 0 aliphatic heterocycles. The Kier molecular flexibility index (Phi) is 12.0. The van der Waals surface area contributed by atoms with Gasteiger partial charge in [0.25, 0.3) is 0 Å². The van der Waals surface area contributed by atoms with E-state index >= 15 is 0 Å². The third-order valence-corrected chi connectivity index (χ3v) is 6.06. The minimum Gasteiger partial charge on any atom is -0.391 e. The molecule has 0 saturated carbocycles. The molecule has 0 unspecified atom stereocenters. The first-order chi connectivity index (χ1) is 17.8. The van der Waals surface area contributed by atoms with Crippen molar-refractivity contribution >= 4 is 22.9 Å². The molecule has 1 aliphatic rings. The first-order valence-electron chi connectivity index (χ1n) is 13.2. The van der Waals surface area contributed by atoms with E-state index in [2.05, 4.69) is 72.3 Å². The summed E-state index contributed by atoms with van der Waals surface area (Å²) in [7, 11) is 1.84. The molecule has 2 rings (SSSR count). The molecule has 0 saturated heterocycles. The predicted molar refractivity (Wildman–Crippen MR) is 157 cm³/mol. The molecule has 0 atom stereocenters. The summed E-state index contributed by atoms with van der Waals surface area (Å²) in [6.07, 6.45) is 13.8. The second-order valence-electron chi connectivity index (χ2n) is 9.07. The summed E-state index contributed by atoms with van der Waals surface area (Å²) in [5.41, 5.74) is 5.31. The molecule has 3 N–H and O–H groups in total. The maximum Gasteiger partial charge on any atom is 0.144 e. The number of aromatic nitrogens is 1. The van der Waals surface area contributed by atoms with Crippen LogP contribution in [0.4, 0.5) is 15.9 Å². The van der Waals surface area contributed by atoms with Gasteiger partial charge in [0.1, 0.15) is 24.0 Å². The van der Waals surface area contributed by atoms with Gasteiger partial charge in [-0.15, -0.1) is 0 Å². The van der Waals surface area contributed by atoms with Crippen LogP contribution in [-0.4, -0.2) is 36.7 Å². The van der Waals surface area contributed by atoms with Crippen LogP contribution in [0, 0.1) is 11.3 Å². The summed E-state index contributed by atoms with van der Waals surface area (Å²) >= 11 is 0. The Bertz CT molecular complexity index is 1100. The van der Waals surface area contributed by atoms with E-state index in [1.165, 1.54) is 11.8 Å². The quantitative estimate of drug-likeness (QED) is 0.245. The van der Waals surface area contributed by atoms with Gasteiger partial charge in [-0.05, 0) is 62.5 Å². The van der Waals surface area contributed by atoms with E-state index in [0.717, 1.165) is 42.8 Å². The molecule has 1 aromatic rings. The van der Waals surface area contributed by atoms with Gasteiger partial charge in [-0.2, -0.15) is 0 Å². The van der Waals surface area contributed by atoms with Gasteiger partial charge in [-0.25, -0.2) is 9.37 Å². The zero-order valence-corrected chi connectivity index (χ0v) is 23.5. The Morgan fingerprint density at radius 3 is 2.51 bits per heavy atom. The van der Waals surface area contributed by atoms with Gasteiger partial charge in [-0.3, -0.25) is 4.99 Å². The Morgan fingerprint density at radius 2 is 1.97 bits per heavy atom. The lowest BCUT2D eigenvalue weighted by molar-refractivity contribution is 0.678. The number of rotatable bonds is 13. The van der Waals surface area contributed by atoms with Gasteiger partial charge < -0.3 is 20.9 Å². The number of anilines is 2. The lowest BCUT2D eigenvalue weighted by Gasteiger charge is -2.26. The largest absolute Gasteiger partial charge is 0.391 e. The smallest absolute Gasteiger partial charge is 0.144 e. The summed E-state index contributed by atoms with van der Waals surface area (Å²) in [5.74, 6) is 0.468. The molecular weight excluding hydrogens is 463 g/mol. The van der Waals surface area contributed by atoms with E-state index < -0.39 is 5.83 Å². The molecule has 1 aliphatic carbocycles.